The molecule has 19 heavy (non-hydrogen) atoms. The molecular formula is C14H20ClN3O. The van der Waals surface area contributed by atoms with Crippen molar-refractivity contribution in [3.05, 3.63) is 29.3 Å². The lowest BCUT2D eigenvalue weighted by molar-refractivity contribution is -0.129. The Hall–Kier alpha value is -1.26. The Morgan fingerprint density at radius 2 is 1.84 bits per heavy atom. The zero-order valence-corrected chi connectivity index (χ0v) is 12.2. The monoisotopic (exact) mass is 281 g/mol. The van der Waals surface area contributed by atoms with Crippen LogP contribution in [0.2, 0.25) is 5.02 Å². The van der Waals surface area contributed by atoms with Crippen molar-refractivity contribution < 1.29 is 4.79 Å². The smallest absolute Gasteiger partial charge is 0.236 e. The number of halogens is 1. The van der Waals surface area contributed by atoms with Gasteiger partial charge in [0.05, 0.1) is 17.3 Å². The number of rotatable bonds is 3. The molecule has 104 valence electrons. The minimum Gasteiger partial charge on any atom is -0.368 e. The molecule has 1 saturated heterocycles. The summed E-state index contributed by atoms with van der Waals surface area (Å²) in [7, 11) is 3.59. The SMILES string of the molecule is CN(C)C(=O)CN1CCN(c2ccccc2Cl)CC1. The maximum absolute atomic E-state index is 11.7. The summed E-state index contributed by atoms with van der Waals surface area (Å²) >= 11 is 6.20. The van der Waals surface area contributed by atoms with E-state index >= 15 is 0 Å². The number of para-hydroxylation sites is 1. The average Bonchev–Trinajstić information content (AvgIpc) is 2.40. The molecule has 1 aromatic carbocycles. The Morgan fingerprint density at radius 3 is 2.42 bits per heavy atom. The molecule has 2 rings (SSSR count). The predicted octanol–water partition coefficient (Wildman–Crippen LogP) is 1.55. The lowest BCUT2D eigenvalue weighted by atomic mass is 10.2. The summed E-state index contributed by atoms with van der Waals surface area (Å²) in [6.07, 6.45) is 0. The lowest BCUT2D eigenvalue weighted by Gasteiger charge is -2.36. The maximum atomic E-state index is 11.7. The highest BCUT2D eigenvalue weighted by atomic mass is 35.5. The van der Waals surface area contributed by atoms with Gasteiger partial charge in [0.15, 0.2) is 0 Å². The van der Waals surface area contributed by atoms with Crippen LogP contribution in [0, 0.1) is 0 Å². The molecule has 5 heteroatoms. The number of nitrogens with zero attached hydrogens (tertiary/aromatic N) is 3. The summed E-state index contributed by atoms with van der Waals surface area (Å²) in [5.41, 5.74) is 1.09. The highest BCUT2D eigenvalue weighted by molar-refractivity contribution is 6.33. The summed E-state index contributed by atoms with van der Waals surface area (Å²) in [5.74, 6) is 0.159. The van der Waals surface area contributed by atoms with Crippen LogP contribution in [0.3, 0.4) is 0 Å². The van der Waals surface area contributed by atoms with Crippen molar-refractivity contribution >= 4 is 23.2 Å². The van der Waals surface area contributed by atoms with Gasteiger partial charge in [-0.3, -0.25) is 9.69 Å². The van der Waals surface area contributed by atoms with Gasteiger partial charge in [-0.05, 0) is 12.1 Å². The first kappa shape index (κ1) is 14.2. The van der Waals surface area contributed by atoms with Crippen molar-refractivity contribution in [2.45, 2.75) is 0 Å². The van der Waals surface area contributed by atoms with E-state index in [9.17, 15) is 4.79 Å². The number of hydrogen-bond donors (Lipinski definition) is 0. The van der Waals surface area contributed by atoms with Gasteiger partial charge >= 0.3 is 0 Å². The first-order valence-corrected chi connectivity index (χ1v) is 6.87. The third-order valence-corrected chi connectivity index (χ3v) is 3.74. The van der Waals surface area contributed by atoms with Gasteiger partial charge in [0, 0.05) is 40.3 Å². The third kappa shape index (κ3) is 3.61. The van der Waals surface area contributed by atoms with Crippen LogP contribution in [0.25, 0.3) is 0 Å². The number of carbonyl (C=O) groups is 1. The molecular weight excluding hydrogens is 262 g/mol. The molecule has 0 bridgehead atoms. The van der Waals surface area contributed by atoms with E-state index < -0.39 is 0 Å². The highest BCUT2D eigenvalue weighted by Gasteiger charge is 2.20. The zero-order chi connectivity index (χ0) is 13.8. The number of anilines is 1. The van der Waals surface area contributed by atoms with E-state index in [0.717, 1.165) is 36.9 Å². The number of piperazine rings is 1. The highest BCUT2D eigenvalue weighted by Crippen LogP contribution is 2.25. The van der Waals surface area contributed by atoms with Gasteiger partial charge in [0.2, 0.25) is 5.91 Å². The summed E-state index contributed by atoms with van der Waals surface area (Å²) in [6, 6.07) is 7.91. The van der Waals surface area contributed by atoms with Crippen LogP contribution < -0.4 is 4.90 Å². The van der Waals surface area contributed by atoms with Crippen LogP contribution in [0.4, 0.5) is 5.69 Å². The number of hydrogen-bond acceptors (Lipinski definition) is 3. The molecule has 4 nitrogen and oxygen atoms in total. The molecule has 0 N–H and O–H groups in total. The second kappa shape index (κ2) is 6.26. The van der Waals surface area contributed by atoms with Crippen LogP contribution in [0.15, 0.2) is 24.3 Å². The van der Waals surface area contributed by atoms with Gasteiger partial charge in [-0.25, -0.2) is 0 Å². The Morgan fingerprint density at radius 1 is 1.21 bits per heavy atom. The van der Waals surface area contributed by atoms with Gasteiger partial charge in [-0.1, -0.05) is 23.7 Å². The summed E-state index contributed by atoms with van der Waals surface area (Å²) in [6.45, 7) is 4.11. The number of amides is 1. The first-order chi connectivity index (χ1) is 9.08. The number of carbonyl (C=O) groups excluding carboxylic acids is 1. The van der Waals surface area contributed by atoms with E-state index in [4.69, 9.17) is 11.6 Å². The van der Waals surface area contributed by atoms with Crippen molar-refractivity contribution in [2.24, 2.45) is 0 Å². The standard InChI is InChI=1S/C14H20ClN3O/c1-16(2)14(19)11-17-7-9-18(10-8-17)13-6-4-3-5-12(13)15/h3-6H,7-11H2,1-2H3. The lowest BCUT2D eigenvalue weighted by Crippen LogP contribution is -2.49. The quantitative estimate of drug-likeness (QED) is 0.841. The van der Waals surface area contributed by atoms with Crippen LogP contribution in [-0.2, 0) is 4.79 Å². The minimum atomic E-state index is 0.159. The van der Waals surface area contributed by atoms with Gasteiger partial charge < -0.3 is 9.80 Å². The molecule has 1 aliphatic rings. The van der Waals surface area contributed by atoms with Crippen molar-refractivity contribution in [2.75, 3.05) is 51.7 Å². The Balaban J connectivity index is 1.89. The average molecular weight is 282 g/mol. The summed E-state index contributed by atoms with van der Waals surface area (Å²) in [4.78, 5) is 17.8. The molecule has 0 unspecified atom stereocenters. The van der Waals surface area contributed by atoms with E-state index in [1.165, 1.54) is 0 Å². The molecule has 0 aromatic heterocycles. The minimum absolute atomic E-state index is 0.159. The second-order valence-corrected chi connectivity index (χ2v) is 5.41. The Labute approximate surface area is 119 Å². The molecule has 1 fully saturated rings. The zero-order valence-electron chi connectivity index (χ0n) is 11.5. The normalized spacial score (nSPS) is 16.5. The number of benzene rings is 1. The van der Waals surface area contributed by atoms with Gasteiger partial charge in [-0.2, -0.15) is 0 Å². The van der Waals surface area contributed by atoms with Crippen molar-refractivity contribution in [1.82, 2.24) is 9.80 Å². The van der Waals surface area contributed by atoms with Gasteiger partial charge in [-0.15, -0.1) is 0 Å². The fourth-order valence-corrected chi connectivity index (χ4v) is 2.44. The van der Waals surface area contributed by atoms with Crippen LogP contribution in [0.1, 0.15) is 0 Å². The van der Waals surface area contributed by atoms with E-state index in [-0.39, 0.29) is 5.91 Å². The fraction of sp³-hybridized carbons (Fsp3) is 0.500. The van der Waals surface area contributed by atoms with Crippen molar-refractivity contribution in [3.63, 3.8) is 0 Å². The molecule has 0 spiro atoms. The van der Waals surface area contributed by atoms with Crippen LogP contribution in [-0.4, -0.2) is 62.5 Å². The molecule has 0 atom stereocenters. The van der Waals surface area contributed by atoms with Gasteiger partial charge in [0.1, 0.15) is 0 Å². The number of likely N-dealkylation sites (N-methyl/N-ethyl adjacent to an activating group) is 1. The van der Waals surface area contributed by atoms with E-state index in [0.29, 0.717) is 6.54 Å². The molecule has 0 saturated carbocycles. The van der Waals surface area contributed by atoms with Crippen LogP contribution >= 0.6 is 11.6 Å². The second-order valence-electron chi connectivity index (χ2n) is 5.00. The van der Waals surface area contributed by atoms with Gasteiger partial charge in [0.25, 0.3) is 0 Å². The van der Waals surface area contributed by atoms with E-state index in [1.807, 2.05) is 24.3 Å². The predicted molar refractivity (Wildman–Crippen MR) is 78.8 cm³/mol. The molecule has 1 amide bonds. The van der Waals surface area contributed by atoms with Crippen molar-refractivity contribution in [1.29, 1.82) is 0 Å². The molecule has 1 aliphatic heterocycles. The topological polar surface area (TPSA) is 26.8 Å². The molecule has 1 heterocycles. The fourth-order valence-electron chi connectivity index (χ4n) is 2.19. The molecule has 1 aromatic rings. The molecule has 0 radical (unpaired) electrons. The summed E-state index contributed by atoms with van der Waals surface area (Å²) < 4.78 is 0. The van der Waals surface area contributed by atoms with E-state index in [1.54, 1.807) is 19.0 Å². The first-order valence-electron chi connectivity index (χ1n) is 6.50. The molecule has 0 aliphatic carbocycles. The largest absolute Gasteiger partial charge is 0.368 e. The van der Waals surface area contributed by atoms with Crippen LogP contribution in [0.5, 0.6) is 0 Å². The maximum Gasteiger partial charge on any atom is 0.236 e. The Kier molecular flexibility index (Phi) is 4.66. The summed E-state index contributed by atoms with van der Waals surface area (Å²) in [5, 5.41) is 0.792. The van der Waals surface area contributed by atoms with E-state index in [2.05, 4.69) is 9.80 Å². The third-order valence-electron chi connectivity index (χ3n) is 3.42. The van der Waals surface area contributed by atoms with Crippen molar-refractivity contribution in [3.8, 4) is 0 Å². The Bertz CT molecular complexity index is 442.